The maximum Gasteiger partial charge on any atom is 0.392 e. The Morgan fingerprint density at radius 2 is 2.12 bits per heavy atom. The van der Waals surface area contributed by atoms with E-state index < -0.39 is 29.9 Å². The highest BCUT2D eigenvalue weighted by Crippen LogP contribution is 2.43. The van der Waals surface area contributed by atoms with Crippen LogP contribution in [0.1, 0.15) is 19.3 Å². The number of ketones is 1. The maximum absolute atomic E-state index is 12.7. The van der Waals surface area contributed by atoms with E-state index in [4.69, 9.17) is 10.8 Å². The molecule has 98 valence electrons. The number of alkyl halides is 3. The summed E-state index contributed by atoms with van der Waals surface area (Å²) >= 11 is 0. The van der Waals surface area contributed by atoms with Crippen molar-refractivity contribution in [1.29, 1.82) is 0 Å². The molecule has 3 N–H and O–H groups in total. The van der Waals surface area contributed by atoms with Crippen molar-refractivity contribution in [2.24, 2.45) is 23.5 Å². The van der Waals surface area contributed by atoms with E-state index in [1.54, 1.807) is 0 Å². The minimum Gasteiger partial charge on any atom is -0.481 e. The summed E-state index contributed by atoms with van der Waals surface area (Å²) in [4.78, 5) is 22.0. The second kappa shape index (κ2) is 5.03. The molecule has 1 rings (SSSR count). The highest BCUT2D eigenvalue weighted by atomic mass is 19.4. The van der Waals surface area contributed by atoms with Gasteiger partial charge >= 0.3 is 12.1 Å². The van der Waals surface area contributed by atoms with Crippen LogP contribution in [-0.2, 0) is 9.59 Å². The summed E-state index contributed by atoms with van der Waals surface area (Å²) in [7, 11) is 0. The monoisotopic (exact) mass is 253 g/mol. The van der Waals surface area contributed by atoms with Gasteiger partial charge in [-0.05, 0) is 12.3 Å². The van der Waals surface area contributed by atoms with E-state index in [-0.39, 0.29) is 31.6 Å². The van der Waals surface area contributed by atoms with Gasteiger partial charge in [-0.15, -0.1) is 0 Å². The van der Waals surface area contributed by atoms with Gasteiger partial charge in [0.25, 0.3) is 0 Å². The summed E-state index contributed by atoms with van der Waals surface area (Å²) in [5.41, 5.74) is 5.20. The molecule has 0 spiro atoms. The van der Waals surface area contributed by atoms with Crippen molar-refractivity contribution in [3.05, 3.63) is 0 Å². The van der Waals surface area contributed by atoms with Crippen LogP contribution in [0.5, 0.6) is 0 Å². The molecule has 3 atom stereocenters. The van der Waals surface area contributed by atoms with Gasteiger partial charge in [0, 0.05) is 19.4 Å². The third kappa shape index (κ3) is 3.18. The number of hydrogen-bond donors (Lipinski definition) is 2. The number of halogens is 3. The van der Waals surface area contributed by atoms with Gasteiger partial charge in [-0.2, -0.15) is 13.2 Å². The second-order valence-electron chi connectivity index (χ2n) is 4.27. The number of carbonyl (C=O) groups excluding carboxylic acids is 1. The van der Waals surface area contributed by atoms with Gasteiger partial charge in [-0.25, -0.2) is 0 Å². The summed E-state index contributed by atoms with van der Waals surface area (Å²) in [6, 6.07) is 0. The first-order valence-electron chi connectivity index (χ1n) is 5.28. The van der Waals surface area contributed by atoms with Gasteiger partial charge < -0.3 is 10.8 Å². The topological polar surface area (TPSA) is 80.4 Å². The normalized spacial score (nSPS) is 27.9. The predicted molar refractivity (Wildman–Crippen MR) is 52.1 cm³/mol. The average molecular weight is 253 g/mol. The molecule has 0 saturated heterocycles. The molecular formula is C10H14F3NO3. The van der Waals surface area contributed by atoms with Crippen LogP contribution in [0.25, 0.3) is 0 Å². The molecule has 3 unspecified atom stereocenters. The number of Topliss-reactive ketones (excluding diaryl/α,β-unsaturated/α-hetero) is 1. The molecule has 0 heterocycles. The fourth-order valence-electron chi connectivity index (χ4n) is 2.33. The lowest BCUT2D eigenvalue weighted by atomic mass is 9.71. The first kappa shape index (κ1) is 14.0. The van der Waals surface area contributed by atoms with E-state index in [0.29, 0.717) is 0 Å². The molecule has 4 nitrogen and oxygen atoms in total. The summed E-state index contributed by atoms with van der Waals surface area (Å²) in [6.45, 7) is -0.389. The molecular weight excluding hydrogens is 239 g/mol. The minimum atomic E-state index is -4.48. The third-order valence-electron chi connectivity index (χ3n) is 3.22. The van der Waals surface area contributed by atoms with Crippen LogP contribution >= 0.6 is 0 Å². The number of nitrogens with two attached hydrogens (primary N) is 1. The molecule has 7 heteroatoms. The Balaban J connectivity index is 2.95. The Hall–Kier alpha value is -1.11. The van der Waals surface area contributed by atoms with Crippen molar-refractivity contribution < 1.29 is 27.9 Å². The number of rotatable bonds is 3. The van der Waals surface area contributed by atoms with Crippen LogP contribution in [0, 0.1) is 17.8 Å². The zero-order chi connectivity index (χ0) is 13.2. The quantitative estimate of drug-likeness (QED) is 0.791. The SMILES string of the molecule is NCC(C(=O)O)C1CC(=O)CCC1C(F)(F)F. The van der Waals surface area contributed by atoms with Crippen molar-refractivity contribution in [2.45, 2.75) is 25.4 Å². The predicted octanol–water partition coefficient (Wildman–Crippen LogP) is 1.19. The summed E-state index contributed by atoms with van der Waals surface area (Å²) < 4.78 is 38.2. The Bertz CT molecular complexity index is 316. The first-order valence-corrected chi connectivity index (χ1v) is 5.28. The molecule has 0 amide bonds. The van der Waals surface area contributed by atoms with E-state index >= 15 is 0 Å². The molecule has 1 aliphatic carbocycles. The van der Waals surface area contributed by atoms with Gasteiger partial charge in [-0.1, -0.05) is 0 Å². The van der Waals surface area contributed by atoms with Crippen molar-refractivity contribution in [1.82, 2.24) is 0 Å². The molecule has 1 aliphatic rings. The van der Waals surface area contributed by atoms with E-state index in [0.717, 1.165) is 0 Å². The zero-order valence-corrected chi connectivity index (χ0v) is 9.04. The molecule has 0 aromatic carbocycles. The van der Waals surface area contributed by atoms with E-state index in [1.165, 1.54) is 0 Å². The zero-order valence-electron chi connectivity index (χ0n) is 9.04. The van der Waals surface area contributed by atoms with Crippen LogP contribution in [0.3, 0.4) is 0 Å². The fourth-order valence-corrected chi connectivity index (χ4v) is 2.33. The number of carboxylic acid groups (broad SMARTS) is 1. The van der Waals surface area contributed by atoms with Crippen LogP contribution in [0.2, 0.25) is 0 Å². The third-order valence-corrected chi connectivity index (χ3v) is 3.22. The van der Waals surface area contributed by atoms with Crippen molar-refractivity contribution >= 4 is 11.8 Å². The molecule has 0 aliphatic heterocycles. The lowest BCUT2D eigenvalue weighted by molar-refractivity contribution is -0.202. The summed E-state index contributed by atoms with van der Waals surface area (Å²) in [5.74, 6) is -5.99. The van der Waals surface area contributed by atoms with Gasteiger partial charge in [0.15, 0.2) is 0 Å². The Kier molecular flexibility index (Phi) is 4.13. The number of aliphatic carboxylic acids is 1. The lowest BCUT2D eigenvalue weighted by Crippen LogP contribution is -2.44. The molecule has 17 heavy (non-hydrogen) atoms. The number of carboxylic acids is 1. The van der Waals surface area contributed by atoms with E-state index in [9.17, 15) is 22.8 Å². The summed E-state index contributed by atoms with van der Waals surface area (Å²) in [6.07, 6.45) is -5.30. The van der Waals surface area contributed by atoms with E-state index in [2.05, 4.69) is 0 Å². The van der Waals surface area contributed by atoms with Gasteiger partial charge in [0.05, 0.1) is 11.8 Å². The molecule has 0 aromatic heterocycles. The van der Waals surface area contributed by atoms with Crippen LogP contribution in [0.4, 0.5) is 13.2 Å². The van der Waals surface area contributed by atoms with Crippen LogP contribution in [0.15, 0.2) is 0 Å². The van der Waals surface area contributed by atoms with Crippen molar-refractivity contribution in [3.8, 4) is 0 Å². The largest absolute Gasteiger partial charge is 0.481 e. The Labute approximate surface area is 96.0 Å². The highest BCUT2D eigenvalue weighted by Gasteiger charge is 2.50. The molecule has 1 saturated carbocycles. The Morgan fingerprint density at radius 3 is 2.53 bits per heavy atom. The minimum absolute atomic E-state index is 0.141. The van der Waals surface area contributed by atoms with Crippen LogP contribution in [-0.4, -0.2) is 29.6 Å². The Morgan fingerprint density at radius 1 is 1.53 bits per heavy atom. The molecule has 0 bridgehead atoms. The molecule has 0 aromatic rings. The average Bonchev–Trinajstić information content (AvgIpc) is 2.16. The highest BCUT2D eigenvalue weighted by molar-refractivity contribution is 5.81. The maximum atomic E-state index is 12.7. The smallest absolute Gasteiger partial charge is 0.392 e. The van der Waals surface area contributed by atoms with Crippen molar-refractivity contribution in [2.75, 3.05) is 6.54 Å². The first-order chi connectivity index (χ1) is 7.77. The van der Waals surface area contributed by atoms with Gasteiger partial charge in [0.1, 0.15) is 5.78 Å². The number of hydrogen-bond acceptors (Lipinski definition) is 3. The lowest BCUT2D eigenvalue weighted by Gasteiger charge is -2.35. The van der Waals surface area contributed by atoms with Crippen LogP contribution < -0.4 is 5.73 Å². The molecule has 1 fully saturated rings. The second-order valence-corrected chi connectivity index (χ2v) is 4.27. The standard InChI is InChI=1S/C10H14F3NO3/c11-10(12,13)8-2-1-5(15)3-6(8)7(4-14)9(16)17/h6-8H,1-4,14H2,(H,16,17). The van der Waals surface area contributed by atoms with E-state index in [1.807, 2.05) is 0 Å². The molecule has 0 radical (unpaired) electrons. The fraction of sp³-hybridized carbons (Fsp3) is 0.800. The van der Waals surface area contributed by atoms with Crippen molar-refractivity contribution in [3.63, 3.8) is 0 Å². The summed E-state index contributed by atoms with van der Waals surface area (Å²) in [5, 5.41) is 8.84. The van der Waals surface area contributed by atoms with Gasteiger partial charge in [-0.3, -0.25) is 9.59 Å². The van der Waals surface area contributed by atoms with Gasteiger partial charge in [0.2, 0.25) is 0 Å². The number of carbonyl (C=O) groups is 2.